The number of nitrogens with zero attached hydrogens (tertiary/aromatic N) is 1. The molecule has 0 fully saturated rings. The van der Waals surface area contributed by atoms with Crippen LogP contribution in [0.4, 0.5) is 0 Å². The molecule has 0 atom stereocenters. The summed E-state index contributed by atoms with van der Waals surface area (Å²) in [4.78, 5) is 10.8. The van der Waals surface area contributed by atoms with Crippen LogP contribution in [-0.2, 0) is 11.3 Å². The van der Waals surface area contributed by atoms with Gasteiger partial charge in [0, 0.05) is 13.0 Å². The van der Waals surface area contributed by atoms with E-state index in [0.29, 0.717) is 17.9 Å². The zero-order valence-corrected chi connectivity index (χ0v) is 6.74. The van der Waals surface area contributed by atoms with E-state index in [1.807, 2.05) is 0 Å². The number of hydrogen-bond donors (Lipinski definition) is 1. The Bertz CT molecular complexity index is 269. The third-order valence-corrected chi connectivity index (χ3v) is 1.31. The van der Waals surface area contributed by atoms with Crippen molar-refractivity contribution in [3.8, 4) is 5.75 Å². The maximum absolute atomic E-state index is 10.8. The van der Waals surface area contributed by atoms with Crippen LogP contribution >= 0.6 is 0 Å². The summed E-state index contributed by atoms with van der Waals surface area (Å²) in [5.41, 5.74) is 5.75. The van der Waals surface area contributed by atoms with Crippen LogP contribution in [-0.4, -0.2) is 11.1 Å². The average molecular weight is 170 g/mol. The molecule has 1 rings (SSSR count). The van der Waals surface area contributed by atoms with Gasteiger partial charge in [0.1, 0.15) is 5.69 Å². The maximum Gasteiger partial charge on any atom is 0.311 e. The predicted molar refractivity (Wildman–Crippen MR) is 40.3 cm³/mol. The third-order valence-electron chi connectivity index (χ3n) is 1.31. The normalized spacial score (nSPS) is 9.83. The highest BCUT2D eigenvalue weighted by molar-refractivity contribution is 5.71. The highest BCUT2D eigenvalue weighted by Crippen LogP contribution is 2.15. The third kappa shape index (κ3) is 1.82. The zero-order valence-electron chi connectivity index (χ0n) is 6.74. The van der Waals surface area contributed by atoms with Crippen LogP contribution in [0.5, 0.6) is 5.75 Å². The SMILES string of the molecule is CCC(=O)Oc1conc1CN. The van der Waals surface area contributed by atoms with Gasteiger partial charge in [-0.1, -0.05) is 12.1 Å². The van der Waals surface area contributed by atoms with Crippen molar-refractivity contribution >= 4 is 5.97 Å². The van der Waals surface area contributed by atoms with E-state index in [0.717, 1.165) is 0 Å². The summed E-state index contributed by atoms with van der Waals surface area (Å²) >= 11 is 0. The Labute approximate surface area is 69.5 Å². The van der Waals surface area contributed by atoms with Crippen LogP contribution in [0.3, 0.4) is 0 Å². The molecular weight excluding hydrogens is 160 g/mol. The minimum atomic E-state index is -0.326. The van der Waals surface area contributed by atoms with Gasteiger partial charge in [-0.05, 0) is 0 Å². The van der Waals surface area contributed by atoms with Crippen molar-refractivity contribution in [2.24, 2.45) is 5.73 Å². The standard InChI is InChI=1S/C7H10N2O3/c1-2-7(10)12-6-4-11-9-5(6)3-8/h4H,2-3,8H2,1H3. The Morgan fingerprint density at radius 2 is 2.58 bits per heavy atom. The number of carbonyl (C=O) groups is 1. The fourth-order valence-electron chi connectivity index (χ4n) is 0.666. The highest BCUT2D eigenvalue weighted by atomic mass is 16.6. The number of carbonyl (C=O) groups excluding carboxylic acids is 1. The van der Waals surface area contributed by atoms with E-state index in [4.69, 9.17) is 10.5 Å². The summed E-state index contributed by atoms with van der Waals surface area (Å²) in [6.45, 7) is 1.90. The summed E-state index contributed by atoms with van der Waals surface area (Å²) < 4.78 is 9.43. The lowest BCUT2D eigenvalue weighted by atomic mass is 10.4. The second-order valence-electron chi connectivity index (χ2n) is 2.16. The lowest BCUT2D eigenvalue weighted by molar-refractivity contribution is -0.134. The van der Waals surface area contributed by atoms with E-state index in [9.17, 15) is 4.79 Å². The van der Waals surface area contributed by atoms with Gasteiger partial charge in [-0.2, -0.15) is 0 Å². The van der Waals surface area contributed by atoms with Crippen LogP contribution in [0.1, 0.15) is 19.0 Å². The Balaban J connectivity index is 2.68. The molecule has 5 nitrogen and oxygen atoms in total. The molecule has 0 saturated heterocycles. The van der Waals surface area contributed by atoms with Crippen molar-refractivity contribution in [1.82, 2.24) is 5.16 Å². The Kier molecular flexibility index (Phi) is 2.82. The van der Waals surface area contributed by atoms with Crippen molar-refractivity contribution in [3.63, 3.8) is 0 Å². The van der Waals surface area contributed by atoms with Crippen LogP contribution in [0.2, 0.25) is 0 Å². The molecule has 0 unspecified atom stereocenters. The van der Waals surface area contributed by atoms with E-state index in [2.05, 4.69) is 9.68 Å². The van der Waals surface area contributed by atoms with Crippen molar-refractivity contribution in [2.45, 2.75) is 19.9 Å². The van der Waals surface area contributed by atoms with Crippen LogP contribution in [0.15, 0.2) is 10.8 Å². The number of nitrogens with two attached hydrogens (primary N) is 1. The van der Waals surface area contributed by atoms with Gasteiger partial charge in [0.2, 0.25) is 0 Å². The zero-order chi connectivity index (χ0) is 8.97. The molecule has 0 aliphatic rings. The monoisotopic (exact) mass is 170 g/mol. The second kappa shape index (κ2) is 3.87. The molecule has 0 aromatic carbocycles. The molecule has 2 N–H and O–H groups in total. The van der Waals surface area contributed by atoms with Crippen molar-refractivity contribution in [1.29, 1.82) is 0 Å². The van der Waals surface area contributed by atoms with Crippen LogP contribution < -0.4 is 10.5 Å². The molecule has 0 bridgehead atoms. The number of ether oxygens (including phenoxy) is 1. The topological polar surface area (TPSA) is 78.3 Å². The fourth-order valence-corrected chi connectivity index (χ4v) is 0.666. The minimum absolute atomic E-state index is 0.197. The van der Waals surface area contributed by atoms with E-state index in [1.54, 1.807) is 6.92 Å². The summed E-state index contributed by atoms with van der Waals surface area (Å²) in [7, 11) is 0. The lowest BCUT2D eigenvalue weighted by Crippen LogP contribution is -2.08. The summed E-state index contributed by atoms with van der Waals surface area (Å²) in [5, 5.41) is 3.54. The molecule has 66 valence electrons. The first-order valence-corrected chi connectivity index (χ1v) is 3.62. The lowest BCUT2D eigenvalue weighted by Gasteiger charge is -1.98. The van der Waals surface area contributed by atoms with Crippen LogP contribution in [0.25, 0.3) is 0 Å². The Hall–Kier alpha value is -1.36. The van der Waals surface area contributed by atoms with Crippen molar-refractivity contribution < 1.29 is 14.1 Å². The van der Waals surface area contributed by atoms with Gasteiger partial charge in [-0.25, -0.2) is 0 Å². The molecule has 1 aromatic rings. The fraction of sp³-hybridized carbons (Fsp3) is 0.429. The van der Waals surface area contributed by atoms with Crippen LogP contribution in [0, 0.1) is 0 Å². The molecule has 1 heterocycles. The molecule has 5 heteroatoms. The largest absolute Gasteiger partial charge is 0.421 e. The first kappa shape index (κ1) is 8.73. The van der Waals surface area contributed by atoms with Gasteiger partial charge in [0.25, 0.3) is 0 Å². The maximum atomic E-state index is 10.8. The summed E-state index contributed by atoms with van der Waals surface area (Å²) in [6, 6.07) is 0. The molecule has 1 aromatic heterocycles. The molecule has 0 aliphatic carbocycles. The summed E-state index contributed by atoms with van der Waals surface area (Å²) in [6.07, 6.45) is 1.57. The van der Waals surface area contributed by atoms with E-state index in [1.165, 1.54) is 6.26 Å². The number of esters is 1. The smallest absolute Gasteiger partial charge is 0.311 e. The molecule has 0 radical (unpaired) electrons. The summed E-state index contributed by atoms with van der Waals surface area (Å²) in [5.74, 6) is -0.0164. The first-order valence-electron chi connectivity index (χ1n) is 3.62. The van der Waals surface area contributed by atoms with Gasteiger partial charge in [-0.3, -0.25) is 4.79 Å². The van der Waals surface area contributed by atoms with E-state index >= 15 is 0 Å². The highest BCUT2D eigenvalue weighted by Gasteiger charge is 2.10. The Morgan fingerprint density at radius 3 is 3.17 bits per heavy atom. The van der Waals surface area contributed by atoms with Gasteiger partial charge < -0.3 is 15.0 Å². The Morgan fingerprint density at radius 1 is 1.83 bits per heavy atom. The molecular formula is C7H10N2O3. The quantitative estimate of drug-likeness (QED) is 0.666. The molecule has 0 spiro atoms. The predicted octanol–water partition coefficient (Wildman–Crippen LogP) is 0.449. The van der Waals surface area contributed by atoms with Crippen molar-refractivity contribution in [2.75, 3.05) is 0 Å². The number of hydrogen-bond acceptors (Lipinski definition) is 5. The molecule has 12 heavy (non-hydrogen) atoms. The van der Waals surface area contributed by atoms with Gasteiger partial charge >= 0.3 is 5.97 Å². The van der Waals surface area contributed by atoms with E-state index < -0.39 is 0 Å². The molecule has 0 saturated carbocycles. The molecule has 0 aliphatic heterocycles. The average Bonchev–Trinajstić information content (AvgIpc) is 2.51. The second-order valence-corrected chi connectivity index (χ2v) is 2.16. The molecule has 0 amide bonds. The van der Waals surface area contributed by atoms with Gasteiger partial charge in [-0.15, -0.1) is 0 Å². The first-order chi connectivity index (χ1) is 5.77. The number of aromatic nitrogens is 1. The van der Waals surface area contributed by atoms with Crippen molar-refractivity contribution in [3.05, 3.63) is 12.0 Å². The van der Waals surface area contributed by atoms with Gasteiger partial charge in [0.15, 0.2) is 12.0 Å². The minimum Gasteiger partial charge on any atom is -0.421 e. The van der Waals surface area contributed by atoms with Gasteiger partial charge in [0.05, 0.1) is 0 Å². The van der Waals surface area contributed by atoms with E-state index in [-0.39, 0.29) is 12.5 Å². The number of rotatable bonds is 3.